The average Bonchev–Trinajstić information content (AvgIpc) is 3.24. The maximum absolute atomic E-state index is 14.1. The van der Waals surface area contributed by atoms with Crippen LogP contribution in [-0.4, -0.2) is 36.7 Å². The maximum Gasteiger partial charge on any atom is 0.331 e. The Labute approximate surface area is 202 Å². The number of hydrogen-bond donors (Lipinski definition) is 3. The number of ether oxygens (including phenoxy) is 1. The summed E-state index contributed by atoms with van der Waals surface area (Å²) in [5, 5.41) is 14.6. The molecule has 0 spiro atoms. The number of anilines is 2. The molecule has 34 heavy (non-hydrogen) atoms. The number of benzene rings is 2. The van der Waals surface area contributed by atoms with E-state index in [4.69, 9.17) is 16.3 Å². The van der Waals surface area contributed by atoms with Gasteiger partial charge in [0.15, 0.2) is 12.8 Å². The second kappa shape index (κ2) is 9.70. The van der Waals surface area contributed by atoms with Crippen LogP contribution in [0.15, 0.2) is 48.5 Å². The van der Waals surface area contributed by atoms with E-state index in [-0.39, 0.29) is 24.4 Å². The molecule has 1 aliphatic heterocycles. The number of carboxylic acid groups (broad SMARTS) is 1. The van der Waals surface area contributed by atoms with Crippen molar-refractivity contribution in [1.82, 2.24) is 5.32 Å². The molecule has 8 nitrogen and oxygen atoms in total. The van der Waals surface area contributed by atoms with Gasteiger partial charge in [0.05, 0.1) is 22.0 Å². The molecule has 0 saturated heterocycles. The summed E-state index contributed by atoms with van der Waals surface area (Å²) < 4.78 is 20.2. The summed E-state index contributed by atoms with van der Waals surface area (Å²) in [4.78, 5) is 38.7. The molecule has 3 aromatic rings. The van der Waals surface area contributed by atoms with Crippen LogP contribution in [0.1, 0.15) is 26.8 Å². The predicted octanol–water partition coefficient (Wildman–Crippen LogP) is 4.06. The third kappa shape index (κ3) is 4.82. The number of rotatable bonds is 7. The fraction of sp³-hybridized carbons (Fsp3) is 0.174. The molecular formula is C23H19ClFN3O5S. The van der Waals surface area contributed by atoms with Crippen LogP contribution in [0.25, 0.3) is 0 Å². The Morgan fingerprint density at radius 2 is 1.97 bits per heavy atom. The summed E-state index contributed by atoms with van der Waals surface area (Å²) >= 11 is 6.95. The molecule has 0 fully saturated rings. The molecule has 3 N–H and O–H groups in total. The molecule has 1 unspecified atom stereocenters. The van der Waals surface area contributed by atoms with Gasteiger partial charge in [0.1, 0.15) is 11.6 Å². The Bertz CT molecular complexity index is 1260. The van der Waals surface area contributed by atoms with E-state index < -0.39 is 29.6 Å². The Morgan fingerprint density at radius 1 is 1.24 bits per heavy atom. The topological polar surface area (TPSA) is 108 Å². The van der Waals surface area contributed by atoms with Gasteiger partial charge in [-0.05, 0) is 35.9 Å². The third-order valence-corrected chi connectivity index (χ3v) is 6.50. The van der Waals surface area contributed by atoms with Crippen LogP contribution < -0.4 is 20.3 Å². The molecule has 4 rings (SSSR count). The number of carbonyl (C=O) groups is 3. The van der Waals surface area contributed by atoms with Crippen molar-refractivity contribution >= 4 is 52.1 Å². The molecule has 2 heterocycles. The largest absolute Gasteiger partial charge is 0.479 e. The lowest BCUT2D eigenvalue weighted by Crippen LogP contribution is -2.38. The van der Waals surface area contributed by atoms with E-state index in [1.165, 1.54) is 11.0 Å². The first-order valence-corrected chi connectivity index (χ1v) is 11.3. The highest BCUT2D eigenvalue weighted by molar-refractivity contribution is 7.16. The van der Waals surface area contributed by atoms with Crippen LogP contribution in [0.5, 0.6) is 5.75 Å². The zero-order chi connectivity index (χ0) is 24.4. The molecule has 0 aliphatic carbocycles. The Hall–Kier alpha value is -3.63. The Balaban J connectivity index is 1.44. The number of fused-ring (bicyclic) bond motifs is 1. The minimum atomic E-state index is -1.20. The van der Waals surface area contributed by atoms with Crippen molar-refractivity contribution in [1.29, 1.82) is 0 Å². The molecule has 1 atom stereocenters. The first-order chi connectivity index (χ1) is 16.3. The molecule has 0 saturated carbocycles. The van der Waals surface area contributed by atoms with Crippen molar-refractivity contribution in [3.63, 3.8) is 0 Å². The number of nitrogens with one attached hydrogen (secondary N) is 2. The number of nitrogens with zero attached hydrogens (tertiary/aromatic N) is 1. The first-order valence-electron chi connectivity index (χ1n) is 10.1. The van der Waals surface area contributed by atoms with Crippen molar-refractivity contribution in [2.24, 2.45) is 0 Å². The number of amides is 2. The molecule has 0 bridgehead atoms. The molecule has 2 aromatic carbocycles. The monoisotopic (exact) mass is 503 g/mol. The first kappa shape index (κ1) is 23.5. The van der Waals surface area contributed by atoms with E-state index >= 15 is 0 Å². The Morgan fingerprint density at radius 3 is 2.59 bits per heavy atom. The van der Waals surface area contributed by atoms with Gasteiger partial charge in [0.25, 0.3) is 5.91 Å². The fourth-order valence-corrected chi connectivity index (χ4v) is 4.60. The van der Waals surface area contributed by atoms with Gasteiger partial charge in [-0.3, -0.25) is 14.5 Å². The normalized spacial score (nSPS) is 13.6. The summed E-state index contributed by atoms with van der Waals surface area (Å²) in [5.41, 5.74) is 1.47. The highest BCUT2D eigenvalue weighted by Crippen LogP contribution is 2.32. The van der Waals surface area contributed by atoms with Gasteiger partial charge in [0, 0.05) is 23.7 Å². The van der Waals surface area contributed by atoms with Crippen LogP contribution in [0.2, 0.25) is 4.34 Å². The number of aliphatic carboxylic acids is 1. The number of hydrogen-bond acceptors (Lipinski definition) is 6. The summed E-state index contributed by atoms with van der Waals surface area (Å²) in [6.07, 6.45) is -0.0611. The second-order valence-electron chi connectivity index (χ2n) is 7.41. The van der Waals surface area contributed by atoms with Gasteiger partial charge >= 0.3 is 5.97 Å². The van der Waals surface area contributed by atoms with Crippen LogP contribution in [0.4, 0.5) is 15.8 Å². The van der Waals surface area contributed by atoms with Gasteiger partial charge < -0.3 is 20.5 Å². The van der Waals surface area contributed by atoms with Crippen LogP contribution in [0.3, 0.4) is 0 Å². The minimum absolute atomic E-state index is 0.0515. The van der Waals surface area contributed by atoms with Gasteiger partial charge in [-0.1, -0.05) is 23.7 Å². The fourth-order valence-electron chi connectivity index (χ4n) is 3.49. The quantitative estimate of drug-likeness (QED) is 0.448. The van der Waals surface area contributed by atoms with Crippen molar-refractivity contribution in [2.45, 2.75) is 12.5 Å². The lowest BCUT2D eigenvalue weighted by Gasteiger charge is -2.29. The average molecular weight is 504 g/mol. The zero-order valence-electron chi connectivity index (χ0n) is 17.8. The van der Waals surface area contributed by atoms with E-state index in [1.807, 2.05) is 0 Å². The second-order valence-corrected chi connectivity index (χ2v) is 9.16. The van der Waals surface area contributed by atoms with Crippen molar-refractivity contribution in [3.8, 4) is 5.75 Å². The zero-order valence-corrected chi connectivity index (χ0v) is 19.4. The highest BCUT2D eigenvalue weighted by atomic mass is 35.5. The van der Waals surface area contributed by atoms with E-state index in [0.29, 0.717) is 26.2 Å². The molecular weight excluding hydrogens is 485 g/mol. The summed E-state index contributed by atoms with van der Waals surface area (Å²) in [6, 6.07) is 11.1. The van der Waals surface area contributed by atoms with Gasteiger partial charge in [0.2, 0.25) is 5.91 Å². The van der Waals surface area contributed by atoms with Crippen molar-refractivity contribution in [2.75, 3.05) is 24.0 Å². The maximum atomic E-state index is 14.1. The van der Waals surface area contributed by atoms with Crippen molar-refractivity contribution < 1.29 is 28.6 Å². The Kier molecular flexibility index (Phi) is 6.71. The summed E-state index contributed by atoms with van der Waals surface area (Å²) in [5.74, 6) is -2.35. The van der Waals surface area contributed by atoms with E-state index in [1.54, 1.807) is 43.4 Å². The van der Waals surface area contributed by atoms with Gasteiger partial charge in [-0.2, -0.15) is 0 Å². The molecule has 2 amide bonds. The van der Waals surface area contributed by atoms with E-state index in [2.05, 4.69) is 10.6 Å². The predicted molar refractivity (Wildman–Crippen MR) is 126 cm³/mol. The van der Waals surface area contributed by atoms with Gasteiger partial charge in [-0.25, -0.2) is 9.18 Å². The molecule has 0 radical (unpaired) electrons. The summed E-state index contributed by atoms with van der Waals surface area (Å²) in [7, 11) is 1.57. The highest BCUT2D eigenvalue weighted by Gasteiger charge is 2.29. The van der Waals surface area contributed by atoms with Crippen LogP contribution in [0, 0.1) is 5.82 Å². The van der Waals surface area contributed by atoms with Crippen LogP contribution in [-0.2, 0) is 16.0 Å². The molecule has 176 valence electrons. The number of carbonyl (C=O) groups excluding carboxylic acids is 2. The number of carboxylic acids is 1. The number of halogens is 2. The van der Waals surface area contributed by atoms with Crippen molar-refractivity contribution in [3.05, 3.63) is 74.7 Å². The third-order valence-electron chi connectivity index (χ3n) is 5.21. The molecule has 1 aromatic heterocycles. The van der Waals surface area contributed by atoms with E-state index in [9.17, 15) is 23.9 Å². The lowest BCUT2D eigenvalue weighted by atomic mass is 10.1. The summed E-state index contributed by atoms with van der Waals surface area (Å²) in [6.45, 7) is -0.0515. The molecule has 1 aliphatic rings. The molecule has 11 heteroatoms. The SMILES string of the molecule is CNc1cc2c(cc1F)C(=O)N(c1ccc(CC(=O)NC(C(=O)O)c3ccc(Cl)s3)cc1)CO2. The van der Waals surface area contributed by atoms with E-state index in [0.717, 1.165) is 17.4 Å². The standard InChI is InChI=1S/C23H19ClFN3O5S/c1-26-16-10-17-14(9-15(16)25)22(30)28(11-33-17)13-4-2-12(3-5-13)8-20(29)27-21(23(31)32)18-6-7-19(24)34-18/h2-7,9-10,21,26H,8,11H2,1H3,(H,27,29)(H,31,32). The minimum Gasteiger partial charge on any atom is -0.479 e. The van der Waals surface area contributed by atoms with Gasteiger partial charge in [-0.15, -0.1) is 11.3 Å². The smallest absolute Gasteiger partial charge is 0.331 e. The van der Waals surface area contributed by atoms with Crippen LogP contribution >= 0.6 is 22.9 Å². The lowest BCUT2D eigenvalue weighted by molar-refractivity contribution is -0.141. The number of thiophene rings is 1.